The van der Waals surface area contributed by atoms with E-state index in [0.29, 0.717) is 0 Å². The molecular weight excluding hydrogens is 1010 g/mol. The van der Waals surface area contributed by atoms with E-state index >= 15 is 0 Å². The van der Waals surface area contributed by atoms with Gasteiger partial charge >= 0.3 is 0 Å². The molecule has 376 valence electrons. The molecule has 0 bridgehead atoms. The zero-order valence-corrected chi connectivity index (χ0v) is 45.0. The van der Waals surface area contributed by atoms with Crippen LogP contribution in [0.5, 0.6) is 0 Å². The minimum atomic E-state index is 1.08. The number of anilines is 6. The summed E-state index contributed by atoms with van der Waals surface area (Å²) in [5.41, 5.74) is 18.4. The van der Waals surface area contributed by atoms with Crippen LogP contribution in [0.4, 0.5) is 34.1 Å². The Morgan fingerprint density at radius 1 is 0.263 bits per heavy atom. The van der Waals surface area contributed by atoms with Crippen molar-refractivity contribution in [2.45, 2.75) is 0 Å². The van der Waals surface area contributed by atoms with Crippen molar-refractivity contribution in [1.82, 2.24) is 9.13 Å². The predicted octanol–water partition coefficient (Wildman–Crippen LogP) is 21.7. The Morgan fingerprint density at radius 3 is 1.02 bits per heavy atom. The van der Waals surface area contributed by atoms with E-state index in [1.54, 1.807) is 22.7 Å². The first-order valence-corrected chi connectivity index (χ1v) is 28.9. The molecule has 0 fully saturated rings. The molecule has 0 atom stereocenters. The van der Waals surface area contributed by atoms with E-state index in [4.69, 9.17) is 0 Å². The van der Waals surface area contributed by atoms with Gasteiger partial charge in [0.25, 0.3) is 0 Å². The molecular formula is C74H48N4S2. The van der Waals surface area contributed by atoms with Crippen LogP contribution in [-0.2, 0) is 0 Å². The van der Waals surface area contributed by atoms with Crippen molar-refractivity contribution in [3.8, 4) is 33.6 Å². The summed E-state index contributed by atoms with van der Waals surface area (Å²) in [6.45, 7) is 0. The summed E-state index contributed by atoms with van der Waals surface area (Å²) >= 11 is 3.60. The molecule has 0 saturated heterocycles. The molecule has 0 aliphatic rings. The number of hydrogen-bond donors (Lipinski definition) is 0. The normalized spacial score (nSPS) is 11.8. The molecule has 80 heavy (non-hydrogen) atoms. The number of para-hydroxylation sites is 2. The Morgan fingerprint density at radius 2 is 0.613 bits per heavy atom. The maximum Gasteiger partial charge on any atom is 0.0804 e. The Bertz CT molecular complexity index is 4650. The van der Waals surface area contributed by atoms with Gasteiger partial charge in [0.15, 0.2) is 0 Å². The number of fused-ring (bicyclic) bond motifs is 9. The highest BCUT2D eigenvalue weighted by Crippen LogP contribution is 2.46. The number of nitrogens with zero attached hydrogens (tertiary/aromatic N) is 4. The molecule has 0 spiro atoms. The summed E-state index contributed by atoms with van der Waals surface area (Å²) in [6, 6.07) is 102. The average Bonchev–Trinajstić information content (AvgIpc) is 3.72. The molecule has 4 aromatic heterocycles. The van der Waals surface area contributed by atoms with Crippen LogP contribution < -0.4 is 9.80 Å². The lowest BCUT2D eigenvalue weighted by atomic mass is 9.98. The van der Waals surface area contributed by atoms with Gasteiger partial charge in [0.1, 0.15) is 0 Å². The number of benzene rings is 12. The van der Waals surface area contributed by atoms with E-state index in [0.717, 1.165) is 45.5 Å². The minimum absolute atomic E-state index is 1.08. The minimum Gasteiger partial charge on any atom is -0.311 e. The molecule has 0 aliphatic carbocycles. The van der Waals surface area contributed by atoms with E-state index < -0.39 is 0 Å². The number of thiophene rings is 2. The Hall–Kier alpha value is -9.98. The Balaban J connectivity index is 0.832. The highest BCUT2D eigenvalue weighted by atomic mass is 32.1. The fraction of sp³-hybridized carbons (Fsp3) is 0. The average molecular weight is 1060 g/mol. The molecule has 0 radical (unpaired) electrons. The lowest BCUT2D eigenvalue weighted by molar-refractivity contribution is 1.17. The van der Waals surface area contributed by atoms with Crippen LogP contribution in [0, 0.1) is 0 Å². The van der Waals surface area contributed by atoms with Crippen LogP contribution in [0.3, 0.4) is 0 Å². The standard InChI is InChI=1S/C74H48N4S2/c1-3-17-55(18-4-1)75(57-29-25-51(26-30-57)65-23-11-15-49-13-7-9-21-63(49)65)59-33-37-61(38-34-59)77-69-45-53-41-43-79-71(53)47-67(69)74-73(77)68-48-72-54(42-44-80-72)46-70(68)78(74)62-39-35-60(36-40-62)76(56-19-5-2-6-20-56)58-31-27-52(28-32-58)66-24-12-16-50-14-8-10-22-64(50)66/h1-48H. The van der Waals surface area contributed by atoms with Crippen LogP contribution in [-0.4, -0.2) is 9.13 Å². The SMILES string of the molecule is c1ccc(N(c2ccc(-c3cccc4ccccc34)cc2)c2ccc(-n3c4cc5ccsc5cc4c4c3c3cc5sccc5cc3n4-c3ccc(N(c4ccccc4)c4ccc(-c5cccc6ccccc56)cc4)cc3)cc2)cc1. The zero-order chi connectivity index (χ0) is 52.7. The third-order valence-electron chi connectivity index (χ3n) is 16.0. The largest absolute Gasteiger partial charge is 0.311 e. The van der Waals surface area contributed by atoms with Gasteiger partial charge < -0.3 is 18.9 Å². The van der Waals surface area contributed by atoms with Crippen molar-refractivity contribution >= 4 is 131 Å². The highest BCUT2D eigenvalue weighted by molar-refractivity contribution is 7.17. The molecule has 0 saturated carbocycles. The Labute approximate surface area is 470 Å². The molecule has 0 amide bonds. The molecule has 0 unspecified atom stereocenters. The van der Waals surface area contributed by atoms with Crippen molar-refractivity contribution in [2.24, 2.45) is 0 Å². The first-order chi connectivity index (χ1) is 39.7. The monoisotopic (exact) mass is 1060 g/mol. The summed E-state index contributed by atoms with van der Waals surface area (Å²) in [4.78, 5) is 4.72. The topological polar surface area (TPSA) is 16.3 Å². The van der Waals surface area contributed by atoms with E-state index in [1.807, 2.05) is 0 Å². The van der Waals surface area contributed by atoms with Gasteiger partial charge in [0.2, 0.25) is 0 Å². The zero-order valence-electron chi connectivity index (χ0n) is 43.3. The third kappa shape index (κ3) is 7.64. The molecule has 16 rings (SSSR count). The van der Waals surface area contributed by atoms with E-state index in [2.05, 4.69) is 309 Å². The maximum atomic E-state index is 2.52. The molecule has 4 heterocycles. The van der Waals surface area contributed by atoms with Crippen molar-refractivity contribution in [3.05, 3.63) is 290 Å². The second-order valence-corrected chi connectivity index (χ2v) is 22.4. The van der Waals surface area contributed by atoms with Crippen LogP contribution in [0.1, 0.15) is 0 Å². The predicted molar refractivity (Wildman–Crippen MR) is 344 cm³/mol. The number of aromatic nitrogens is 2. The van der Waals surface area contributed by atoms with Crippen LogP contribution >= 0.6 is 22.7 Å². The molecule has 4 nitrogen and oxygen atoms in total. The lowest BCUT2D eigenvalue weighted by Crippen LogP contribution is -2.10. The Kier molecular flexibility index (Phi) is 10.9. The molecule has 0 aliphatic heterocycles. The molecule has 16 aromatic rings. The van der Waals surface area contributed by atoms with Crippen molar-refractivity contribution in [3.63, 3.8) is 0 Å². The first kappa shape index (κ1) is 46.1. The maximum absolute atomic E-state index is 2.52. The summed E-state index contributed by atoms with van der Waals surface area (Å²) in [5, 5.41) is 14.4. The van der Waals surface area contributed by atoms with Crippen molar-refractivity contribution in [1.29, 1.82) is 0 Å². The number of hydrogen-bond acceptors (Lipinski definition) is 4. The van der Waals surface area contributed by atoms with E-state index in [9.17, 15) is 0 Å². The smallest absolute Gasteiger partial charge is 0.0804 e. The van der Waals surface area contributed by atoms with Gasteiger partial charge in [0, 0.05) is 65.7 Å². The van der Waals surface area contributed by atoms with Gasteiger partial charge in [0.05, 0.1) is 22.1 Å². The third-order valence-corrected chi connectivity index (χ3v) is 17.8. The van der Waals surface area contributed by atoms with Gasteiger partial charge in [-0.2, -0.15) is 0 Å². The van der Waals surface area contributed by atoms with Gasteiger partial charge in [-0.05, 0) is 199 Å². The molecule has 6 heteroatoms. The second-order valence-electron chi connectivity index (χ2n) is 20.5. The summed E-state index contributed by atoms with van der Waals surface area (Å²) in [5.74, 6) is 0. The summed E-state index contributed by atoms with van der Waals surface area (Å²) < 4.78 is 7.58. The fourth-order valence-electron chi connectivity index (χ4n) is 12.3. The summed E-state index contributed by atoms with van der Waals surface area (Å²) in [6.07, 6.45) is 0. The van der Waals surface area contributed by atoms with E-state index in [-0.39, 0.29) is 0 Å². The van der Waals surface area contributed by atoms with Gasteiger partial charge in [-0.1, -0.05) is 146 Å². The summed E-state index contributed by atoms with van der Waals surface area (Å²) in [7, 11) is 0. The first-order valence-electron chi connectivity index (χ1n) is 27.1. The highest BCUT2D eigenvalue weighted by Gasteiger charge is 2.25. The second kappa shape index (κ2) is 18.9. The quantitative estimate of drug-likeness (QED) is 0.136. The van der Waals surface area contributed by atoms with Crippen LogP contribution in [0.2, 0.25) is 0 Å². The molecule has 12 aromatic carbocycles. The van der Waals surface area contributed by atoms with Crippen LogP contribution in [0.15, 0.2) is 290 Å². The van der Waals surface area contributed by atoms with Gasteiger partial charge in [-0.15, -0.1) is 22.7 Å². The van der Waals surface area contributed by atoms with Crippen molar-refractivity contribution < 1.29 is 0 Å². The van der Waals surface area contributed by atoms with Crippen LogP contribution in [0.25, 0.3) is 108 Å². The number of rotatable bonds is 10. The van der Waals surface area contributed by atoms with Gasteiger partial charge in [-0.3, -0.25) is 0 Å². The molecule has 0 N–H and O–H groups in total. The van der Waals surface area contributed by atoms with E-state index in [1.165, 1.54) is 96.8 Å². The van der Waals surface area contributed by atoms with Crippen molar-refractivity contribution in [2.75, 3.05) is 9.80 Å². The lowest BCUT2D eigenvalue weighted by Gasteiger charge is -2.26. The van der Waals surface area contributed by atoms with Gasteiger partial charge in [-0.25, -0.2) is 0 Å². The fourth-order valence-corrected chi connectivity index (χ4v) is 13.9.